The Balaban J connectivity index is 2.48. The fraction of sp³-hybridized carbons (Fsp3) is 0.600. The maximum absolute atomic E-state index is 11.7. The van der Waals surface area contributed by atoms with Crippen molar-refractivity contribution < 1.29 is 9.90 Å². The van der Waals surface area contributed by atoms with Gasteiger partial charge in [-0.15, -0.1) is 0 Å². The number of imidazole rings is 1. The van der Waals surface area contributed by atoms with Gasteiger partial charge >= 0.3 is 0 Å². The number of aliphatic hydroxyl groups is 1. The molecule has 0 atom stereocenters. The van der Waals surface area contributed by atoms with Crippen LogP contribution < -0.4 is 4.90 Å². The highest BCUT2D eigenvalue weighted by Crippen LogP contribution is 2.10. The van der Waals surface area contributed by atoms with Crippen LogP contribution in [0.25, 0.3) is 0 Å². The number of H-pyrrole nitrogens is 1. The van der Waals surface area contributed by atoms with Crippen molar-refractivity contribution in [3.05, 3.63) is 12.5 Å². The van der Waals surface area contributed by atoms with E-state index in [9.17, 15) is 4.79 Å². The van der Waals surface area contributed by atoms with Gasteiger partial charge in [0.05, 0.1) is 12.5 Å². The van der Waals surface area contributed by atoms with Crippen LogP contribution in [0.1, 0.15) is 26.2 Å². The third-order valence-corrected chi connectivity index (χ3v) is 2.19. The van der Waals surface area contributed by atoms with E-state index in [1.54, 1.807) is 17.4 Å². The molecule has 1 aromatic rings. The van der Waals surface area contributed by atoms with E-state index in [1.807, 2.05) is 6.92 Å². The maximum atomic E-state index is 11.7. The lowest BCUT2D eigenvalue weighted by molar-refractivity contribution is -0.118. The highest BCUT2D eigenvalue weighted by molar-refractivity contribution is 5.92. The van der Waals surface area contributed by atoms with Crippen molar-refractivity contribution in [2.24, 2.45) is 0 Å². The lowest BCUT2D eigenvalue weighted by Crippen LogP contribution is -2.30. The Morgan fingerprint density at radius 1 is 1.60 bits per heavy atom. The molecular formula is C10H17N3O2. The molecule has 2 N–H and O–H groups in total. The number of amides is 1. The molecule has 0 saturated carbocycles. The van der Waals surface area contributed by atoms with E-state index in [4.69, 9.17) is 5.11 Å². The van der Waals surface area contributed by atoms with Crippen LogP contribution in [0.5, 0.6) is 0 Å². The molecule has 1 rings (SSSR count). The van der Waals surface area contributed by atoms with Crippen molar-refractivity contribution in [2.45, 2.75) is 26.2 Å². The highest BCUT2D eigenvalue weighted by atomic mass is 16.3. The Labute approximate surface area is 89.1 Å². The van der Waals surface area contributed by atoms with Crippen molar-refractivity contribution in [1.29, 1.82) is 0 Å². The predicted octanol–water partition coefficient (Wildman–Crippen LogP) is 0.925. The number of nitrogens with one attached hydrogen (secondary N) is 1. The zero-order valence-corrected chi connectivity index (χ0v) is 8.94. The molecule has 0 fully saturated rings. The average Bonchev–Trinajstić information content (AvgIpc) is 2.73. The van der Waals surface area contributed by atoms with Gasteiger partial charge in [0.2, 0.25) is 5.91 Å². The van der Waals surface area contributed by atoms with Crippen LogP contribution >= 0.6 is 0 Å². The van der Waals surface area contributed by atoms with E-state index in [0.717, 1.165) is 12.2 Å². The molecule has 0 aromatic carbocycles. The minimum Gasteiger partial charge on any atom is -0.396 e. The van der Waals surface area contributed by atoms with E-state index in [-0.39, 0.29) is 12.5 Å². The predicted molar refractivity (Wildman–Crippen MR) is 57.6 cm³/mol. The van der Waals surface area contributed by atoms with Crippen molar-refractivity contribution in [3.8, 4) is 0 Å². The number of unbranched alkanes of at least 4 members (excludes halogenated alkanes) is 1. The van der Waals surface area contributed by atoms with Crippen LogP contribution in [0.4, 0.5) is 5.82 Å². The number of hydrogen-bond acceptors (Lipinski definition) is 3. The molecule has 5 heteroatoms. The van der Waals surface area contributed by atoms with Crippen molar-refractivity contribution in [1.82, 2.24) is 9.97 Å². The number of anilines is 1. The number of hydrogen-bond donors (Lipinski definition) is 2. The van der Waals surface area contributed by atoms with E-state index in [0.29, 0.717) is 19.4 Å². The van der Waals surface area contributed by atoms with Gasteiger partial charge in [-0.1, -0.05) is 0 Å². The van der Waals surface area contributed by atoms with Crippen molar-refractivity contribution >= 4 is 11.7 Å². The number of nitrogens with zero attached hydrogens (tertiary/aromatic N) is 2. The number of aromatic nitrogens is 2. The number of carbonyl (C=O) groups excluding carboxylic acids is 1. The standard InChI is InChI=1S/C10H17N3O2/c1-2-13(9-7-11-8-12-9)10(15)5-3-4-6-14/h7-8,14H,2-6H2,1H3,(H,11,12). The van der Waals surface area contributed by atoms with Crippen LogP contribution in [0.2, 0.25) is 0 Å². The molecule has 15 heavy (non-hydrogen) atoms. The van der Waals surface area contributed by atoms with Gasteiger partial charge in [-0.2, -0.15) is 0 Å². The summed E-state index contributed by atoms with van der Waals surface area (Å²) in [5.41, 5.74) is 0. The normalized spacial score (nSPS) is 10.3. The number of aromatic amines is 1. The number of carbonyl (C=O) groups is 1. The quantitative estimate of drug-likeness (QED) is 0.687. The second-order valence-corrected chi connectivity index (χ2v) is 3.26. The van der Waals surface area contributed by atoms with Crippen LogP contribution in [0, 0.1) is 0 Å². The first kappa shape index (κ1) is 11.7. The minimum absolute atomic E-state index is 0.0650. The second kappa shape index (κ2) is 6.19. The SMILES string of the molecule is CCN(C(=O)CCCCO)c1cnc[nH]1. The fourth-order valence-corrected chi connectivity index (χ4v) is 1.40. The van der Waals surface area contributed by atoms with Crippen LogP contribution in [0.15, 0.2) is 12.5 Å². The molecule has 1 amide bonds. The summed E-state index contributed by atoms with van der Waals surface area (Å²) in [7, 11) is 0. The third kappa shape index (κ3) is 3.36. The smallest absolute Gasteiger partial charge is 0.228 e. The third-order valence-electron chi connectivity index (χ3n) is 2.19. The lowest BCUT2D eigenvalue weighted by atomic mass is 10.2. The first-order valence-corrected chi connectivity index (χ1v) is 5.19. The Morgan fingerprint density at radius 3 is 2.93 bits per heavy atom. The highest BCUT2D eigenvalue weighted by Gasteiger charge is 2.13. The number of aliphatic hydroxyl groups excluding tert-OH is 1. The van der Waals surface area contributed by atoms with Crippen LogP contribution in [-0.2, 0) is 4.79 Å². The van der Waals surface area contributed by atoms with Gasteiger partial charge in [-0.05, 0) is 19.8 Å². The minimum atomic E-state index is 0.0650. The molecule has 0 aliphatic rings. The Kier molecular flexibility index (Phi) is 4.83. The number of rotatable bonds is 6. The molecule has 0 saturated heterocycles. The Hall–Kier alpha value is -1.36. The summed E-state index contributed by atoms with van der Waals surface area (Å²) in [5, 5.41) is 8.62. The van der Waals surface area contributed by atoms with Gasteiger partial charge in [0.1, 0.15) is 5.82 Å². The van der Waals surface area contributed by atoms with E-state index < -0.39 is 0 Å². The fourth-order valence-electron chi connectivity index (χ4n) is 1.40. The lowest BCUT2D eigenvalue weighted by Gasteiger charge is -2.18. The van der Waals surface area contributed by atoms with Gasteiger partial charge in [0, 0.05) is 19.6 Å². The molecule has 0 bridgehead atoms. The molecule has 1 heterocycles. The zero-order chi connectivity index (χ0) is 11.1. The Bertz CT molecular complexity index is 285. The van der Waals surface area contributed by atoms with Gasteiger partial charge < -0.3 is 10.1 Å². The topological polar surface area (TPSA) is 69.2 Å². The Morgan fingerprint density at radius 2 is 2.40 bits per heavy atom. The molecule has 0 aliphatic heterocycles. The largest absolute Gasteiger partial charge is 0.396 e. The molecular weight excluding hydrogens is 194 g/mol. The molecule has 1 aromatic heterocycles. The van der Waals surface area contributed by atoms with Crippen molar-refractivity contribution in [3.63, 3.8) is 0 Å². The van der Waals surface area contributed by atoms with Gasteiger partial charge in [0.15, 0.2) is 0 Å². The molecule has 0 spiro atoms. The molecule has 84 valence electrons. The second-order valence-electron chi connectivity index (χ2n) is 3.26. The van der Waals surface area contributed by atoms with E-state index in [1.165, 1.54) is 0 Å². The van der Waals surface area contributed by atoms with Gasteiger partial charge in [-0.25, -0.2) is 4.98 Å². The monoisotopic (exact) mass is 211 g/mol. The van der Waals surface area contributed by atoms with Gasteiger partial charge in [-0.3, -0.25) is 9.69 Å². The summed E-state index contributed by atoms with van der Waals surface area (Å²) < 4.78 is 0. The molecule has 0 aliphatic carbocycles. The van der Waals surface area contributed by atoms with Crippen LogP contribution in [0.3, 0.4) is 0 Å². The first-order valence-electron chi connectivity index (χ1n) is 5.19. The summed E-state index contributed by atoms with van der Waals surface area (Å²) >= 11 is 0. The van der Waals surface area contributed by atoms with Crippen molar-refractivity contribution in [2.75, 3.05) is 18.1 Å². The maximum Gasteiger partial charge on any atom is 0.228 e. The average molecular weight is 211 g/mol. The van der Waals surface area contributed by atoms with E-state index in [2.05, 4.69) is 9.97 Å². The molecule has 5 nitrogen and oxygen atoms in total. The van der Waals surface area contributed by atoms with Gasteiger partial charge in [0.25, 0.3) is 0 Å². The van der Waals surface area contributed by atoms with Crippen LogP contribution in [-0.4, -0.2) is 34.1 Å². The summed E-state index contributed by atoms with van der Waals surface area (Å²) in [5.74, 6) is 0.793. The first-order chi connectivity index (χ1) is 7.29. The van der Waals surface area contributed by atoms with E-state index >= 15 is 0 Å². The summed E-state index contributed by atoms with van der Waals surface area (Å²) in [6.45, 7) is 2.69. The molecule has 0 radical (unpaired) electrons. The summed E-state index contributed by atoms with van der Waals surface area (Å²) in [6.07, 6.45) is 5.05. The zero-order valence-electron chi connectivity index (χ0n) is 8.94. The summed E-state index contributed by atoms with van der Waals surface area (Å²) in [6, 6.07) is 0. The molecule has 0 unspecified atom stereocenters. The summed E-state index contributed by atoms with van der Waals surface area (Å²) in [4.78, 5) is 20.2.